The van der Waals surface area contributed by atoms with Crippen LogP contribution in [-0.2, 0) is 5.75 Å². The van der Waals surface area contributed by atoms with Gasteiger partial charge in [-0.15, -0.1) is 11.8 Å². The van der Waals surface area contributed by atoms with Crippen LogP contribution < -0.4 is 10.5 Å². The molecule has 0 bridgehead atoms. The van der Waals surface area contributed by atoms with Gasteiger partial charge < -0.3 is 10.5 Å². The summed E-state index contributed by atoms with van der Waals surface area (Å²) < 4.78 is 18.4. The Balaban J connectivity index is 2.24. The number of nitro benzene ring substituents is 1. The van der Waals surface area contributed by atoms with E-state index in [9.17, 15) is 14.5 Å². The van der Waals surface area contributed by atoms with Crippen molar-refractivity contribution in [1.82, 2.24) is 0 Å². The van der Waals surface area contributed by atoms with Gasteiger partial charge in [-0.25, -0.2) is 4.39 Å². The zero-order valence-electron chi connectivity index (χ0n) is 11.2. The standard InChI is InChI=1S/C14H13FN2O3S/c1-20-11-3-4-12(16)14(7-11)21-8-9-6-10(15)2-5-13(9)17(18)19/h2-7H,8,16H2,1H3. The third-order valence-corrected chi connectivity index (χ3v) is 3.96. The third-order valence-electron chi connectivity index (χ3n) is 2.84. The number of hydrogen-bond donors (Lipinski definition) is 1. The van der Waals surface area contributed by atoms with Crippen molar-refractivity contribution in [1.29, 1.82) is 0 Å². The minimum absolute atomic E-state index is 0.106. The molecule has 2 N–H and O–H groups in total. The van der Waals surface area contributed by atoms with E-state index in [0.29, 0.717) is 17.0 Å². The summed E-state index contributed by atoms with van der Waals surface area (Å²) >= 11 is 1.29. The average Bonchev–Trinajstić information content (AvgIpc) is 2.46. The lowest BCUT2D eigenvalue weighted by molar-refractivity contribution is -0.385. The molecule has 0 amide bonds. The van der Waals surface area contributed by atoms with Gasteiger partial charge in [-0.1, -0.05) is 0 Å². The van der Waals surface area contributed by atoms with Crippen molar-refractivity contribution in [2.45, 2.75) is 10.6 Å². The first-order valence-electron chi connectivity index (χ1n) is 6.00. The summed E-state index contributed by atoms with van der Waals surface area (Å²) in [6.07, 6.45) is 0. The SMILES string of the molecule is COc1ccc(N)c(SCc2cc(F)ccc2[N+](=O)[O-])c1. The normalized spacial score (nSPS) is 10.4. The molecule has 0 aromatic heterocycles. The second-order valence-corrected chi connectivity index (χ2v) is 5.24. The third kappa shape index (κ3) is 3.63. The number of nitrogens with zero attached hydrogens (tertiary/aromatic N) is 1. The Kier molecular flexibility index (Phi) is 4.64. The Morgan fingerprint density at radius 1 is 1.33 bits per heavy atom. The maximum Gasteiger partial charge on any atom is 0.273 e. The predicted molar refractivity (Wildman–Crippen MR) is 80.0 cm³/mol. The molecule has 0 aliphatic heterocycles. The highest BCUT2D eigenvalue weighted by atomic mass is 32.2. The quantitative estimate of drug-likeness (QED) is 0.395. The fourth-order valence-electron chi connectivity index (χ4n) is 1.77. The van der Waals surface area contributed by atoms with Gasteiger partial charge in [-0.3, -0.25) is 10.1 Å². The summed E-state index contributed by atoms with van der Waals surface area (Å²) in [5.41, 5.74) is 6.60. The molecule has 21 heavy (non-hydrogen) atoms. The molecule has 0 heterocycles. The molecule has 2 aromatic rings. The number of ether oxygens (including phenoxy) is 1. The predicted octanol–water partition coefficient (Wildman–Crippen LogP) is 3.62. The van der Waals surface area contributed by atoms with Gasteiger partial charge in [0.25, 0.3) is 5.69 Å². The van der Waals surface area contributed by atoms with E-state index in [-0.39, 0.29) is 11.4 Å². The van der Waals surface area contributed by atoms with Crippen LogP contribution in [0, 0.1) is 15.9 Å². The van der Waals surface area contributed by atoms with E-state index >= 15 is 0 Å². The molecule has 2 aromatic carbocycles. The molecule has 0 atom stereocenters. The maximum absolute atomic E-state index is 13.3. The molecular formula is C14H13FN2O3S. The fraction of sp³-hybridized carbons (Fsp3) is 0.143. The number of nitro groups is 1. The molecule has 0 radical (unpaired) electrons. The minimum Gasteiger partial charge on any atom is -0.497 e. The van der Waals surface area contributed by atoms with E-state index in [2.05, 4.69) is 0 Å². The number of halogens is 1. The number of rotatable bonds is 5. The number of hydrogen-bond acceptors (Lipinski definition) is 5. The molecule has 110 valence electrons. The van der Waals surface area contributed by atoms with Crippen LogP contribution in [0.15, 0.2) is 41.3 Å². The van der Waals surface area contributed by atoms with E-state index in [4.69, 9.17) is 10.5 Å². The van der Waals surface area contributed by atoms with E-state index in [0.717, 1.165) is 11.0 Å². The molecule has 0 saturated heterocycles. The smallest absolute Gasteiger partial charge is 0.273 e. The molecule has 0 aliphatic rings. The molecule has 2 rings (SSSR count). The van der Waals surface area contributed by atoms with Crippen molar-refractivity contribution < 1.29 is 14.1 Å². The van der Waals surface area contributed by atoms with Gasteiger partial charge in [0.15, 0.2) is 0 Å². The van der Waals surface area contributed by atoms with Crippen LogP contribution in [0.25, 0.3) is 0 Å². The monoisotopic (exact) mass is 308 g/mol. The lowest BCUT2D eigenvalue weighted by Crippen LogP contribution is -1.96. The van der Waals surface area contributed by atoms with Crippen LogP contribution in [0.2, 0.25) is 0 Å². The summed E-state index contributed by atoms with van der Waals surface area (Å²) in [4.78, 5) is 11.1. The molecule has 5 nitrogen and oxygen atoms in total. The molecule has 7 heteroatoms. The Hall–Kier alpha value is -2.28. The van der Waals surface area contributed by atoms with E-state index in [1.165, 1.54) is 31.0 Å². The Morgan fingerprint density at radius 3 is 2.76 bits per heavy atom. The summed E-state index contributed by atoms with van der Waals surface area (Å²) in [7, 11) is 1.54. The Labute approximate surface area is 125 Å². The summed E-state index contributed by atoms with van der Waals surface area (Å²) in [5.74, 6) is 0.376. The molecule has 0 saturated carbocycles. The van der Waals surface area contributed by atoms with Crippen LogP contribution in [0.3, 0.4) is 0 Å². The first-order chi connectivity index (χ1) is 10.0. The van der Waals surface area contributed by atoms with E-state index in [1.54, 1.807) is 18.2 Å². The van der Waals surface area contributed by atoms with Crippen LogP contribution in [-0.4, -0.2) is 12.0 Å². The highest BCUT2D eigenvalue weighted by molar-refractivity contribution is 7.98. The van der Waals surface area contributed by atoms with Gasteiger partial charge in [-0.05, 0) is 30.3 Å². The zero-order chi connectivity index (χ0) is 15.4. The number of anilines is 1. The first-order valence-corrected chi connectivity index (χ1v) is 6.99. The van der Waals surface area contributed by atoms with Crippen LogP contribution >= 0.6 is 11.8 Å². The Morgan fingerprint density at radius 2 is 2.10 bits per heavy atom. The first kappa shape index (κ1) is 15.1. The topological polar surface area (TPSA) is 78.4 Å². The van der Waals surface area contributed by atoms with Crippen molar-refractivity contribution in [3.05, 3.63) is 57.9 Å². The second kappa shape index (κ2) is 6.45. The Bertz CT molecular complexity index is 679. The second-order valence-electron chi connectivity index (χ2n) is 4.22. The molecule has 0 unspecified atom stereocenters. The minimum atomic E-state index is -0.524. The van der Waals surface area contributed by atoms with Gasteiger partial charge in [0.2, 0.25) is 0 Å². The van der Waals surface area contributed by atoms with Crippen molar-refractivity contribution in [2.75, 3.05) is 12.8 Å². The van der Waals surface area contributed by atoms with Crippen molar-refractivity contribution in [3.63, 3.8) is 0 Å². The maximum atomic E-state index is 13.3. The number of methoxy groups -OCH3 is 1. The molecule has 0 spiro atoms. The van der Waals surface area contributed by atoms with Crippen LogP contribution in [0.5, 0.6) is 5.75 Å². The van der Waals surface area contributed by atoms with Crippen LogP contribution in [0.4, 0.5) is 15.8 Å². The lowest BCUT2D eigenvalue weighted by Gasteiger charge is -2.08. The highest BCUT2D eigenvalue weighted by Crippen LogP contribution is 2.33. The number of benzene rings is 2. The zero-order valence-corrected chi connectivity index (χ0v) is 12.0. The average molecular weight is 308 g/mol. The summed E-state index contributed by atoms with van der Waals surface area (Å²) in [6, 6.07) is 8.57. The van der Waals surface area contributed by atoms with Gasteiger partial charge in [-0.2, -0.15) is 0 Å². The van der Waals surface area contributed by atoms with Crippen molar-refractivity contribution in [3.8, 4) is 5.75 Å². The van der Waals surface area contributed by atoms with Gasteiger partial charge in [0.1, 0.15) is 11.6 Å². The van der Waals surface area contributed by atoms with Gasteiger partial charge in [0.05, 0.1) is 12.0 Å². The lowest BCUT2D eigenvalue weighted by atomic mass is 10.2. The van der Waals surface area contributed by atoms with Gasteiger partial charge in [0, 0.05) is 28.0 Å². The van der Waals surface area contributed by atoms with Crippen molar-refractivity contribution in [2.24, 2.45) is 0 Å². The highest BCUT2D eigenvalue weighted by Gasteiger charge is 2.15. The molecule has 0 fully saturated rings. The van der Waals surface area contributed by atoms with Crippen molar-refractivity contribution >= 4 is 23.1 Å². The largest absolute Gasteiger partial charge is 0.497 e. The molecular weight excluding hydrogens is 295 g/mol. The summed E-state index contributed by atoms with van der Waals surface area (Å²) in [6.45, 7) is 0. The van der Waals surface area contributed by atoms with E-state index < -0.39 is 10.7 Å². The number of nitrogens with two attached hydrogens (primary N) is 1. The number of thioether (sulfide) groups is 1. The van der Waals surface area contributed by atoms with E-state index in [1.807, 2.05) is 0 Å². The molecule has 0 aliphatic carbocycles. The number of nitrogen functional groups attached to an aromatic ring is 1. The summed E-state index contributed by atoms with van der Waals surface area (Å²) in [5, 5.41) is 10.9. The van der Waals surface area contributed by atoms with Crippen LogP contribution in [0.1, 0.15) is 5.56 Å². The fourth-order valence-corrected chi connectivity index (χ4v) is 2.75. The van der Waals surface area contributed by atoms with Gasteiger partial charge >= 0.3 is 0 Å².